The zero-order valence-corrected chi connectivity index (χ0v) is 17.5. The van der Waals surface area contributed by atoms with Crippen LogP contribution in [0.1, 0.15) is 32.6 Å². The highest BCUT2D eigenvalue weighted by Gasteiger charge is 2.37. The fourth-order valence-electron chi connectivity index (χ4n) is 4.44. The lowest BCUT2D eigenvalue weighted by molar-refractivity contribution is 0.236. The van der Waals surface area contributed by atoms with Crippen LogP contribution in [0, 0.1) is 22.7 Å². The Morgan fingerprint density at radius 1 is 1.34 bits per heavy atom. The number of nitrogens with two attached hydrogens (primary N) is 2. The van der Waals surface area contributed by atoms with Crippen molar-refractivity contribution >= 4 is 17.3 Å². The second-order valence-corrected chi connectivity index (χ2v) is 8.05. The van der Waals surface area contributed by atoms with Gasteiger partial charge in [0.25, 0.3) is 0 Å². The Morgan fingerprint density at radius 3 is 2.66 bits per heavy atom. The molecule has 1 atom stereocenters. The molecular weight excluding hydrogens is 360 g/mol. The van der Waals surface area contributed by atoms with E-state index in [4.69, 9.17) is 27.3 Å². The lowest BCUT2D eigenvalue weighted by Gasteiger charge is -2.37. The normalized spacial score (nSPS) is 25.4. The number of allylic oxidation sites excluding steroid dienone is 7. The second-order valence-electron chi connectivity index (χ2n) is 8.05. The molecule has 1 aliphatic carbocycles. The van der Waals surface area contributed by atoms with E-state index in [1.807, 2.05) is 12.2 Å². The minimum absolute atomic E-state index is 0.196. The lowest BCUT2D eigenvalue weighted by Crippen LogP contribution is -2.36. The van der Waals surface area contributed by atoms with E-state index in [0.29, 0.717) is 17.3 Å². The Bertz CT molecular complexity index is 875. The van der Waals surface area contributed by atoms with Gasteiger partial charge in [-0.3, -0.25) is 10.8 Å². The van der Waals surface area contributed by atoms with Gasteiger partial charge in [-0.25, -0.2) is 4.99 Å². The molecule has 6 N–H and O–H groups in total. The zero-order valence-electron chi connectivity index (χ0n) is 17.5. The summed E-state index contributed by atoms with van der Waals surface area (Å²) >= 11 is 0. The van der Waals surface area contributed by atoms with Crippen molar-refractivity contribution in [1.82, 2.24) is 4.90 Å². The van der Waals surface area contributed by atoms with E-state index < -0.39 is 0 Å². The van der Waals surface area contributed by atoms with Gasteiger partial charge in [0.15, 0.2) is 0 Å². The summed E-state index contributed by atoms with van der Waals surface area (Å²) < 4.78 is 0. The van der Waals surface area contributed by atoms with Gasteiger partial charge < -0.3 is 16.4 Å². The SMILES string of the molecule is C=C(CCC)C1=C(C2CCN(C)CC2)N=C(N)/C(=C\N)C1C1=CC=CC(=N)C1=N. The van der Waals surface area contributed by atoms with E-state index in [0.717, 1.165) is 61.2 Å². The molecule has 6 heteroatoms. The third-order valence-corrected chi connectivity index (χ3v) is 6.04. The highest BCUT2D eigenvalue weighted by molar-refractivity contribution is 6.51. The van der Waals surface area contributed by atoms with Crippen molar-refractivity contribution in [2.45, 2.75) is 32.6 Å². The molecule has 1 saturated heterocycles. The first-order chi connectivity index (χ1) is 13.9. The van der Waals surface area contributed by atoms with Crippen molar-refractivity contribution in [2.75, 3.05) is 20.1 Å². The van der Waals surface area contributed by atoms with Gasteiger partial charge >= 0.3 is 0 Å². The summed E-state index contributed by atoms with van der Waals surface area (Å²) in [7, 11) is 2.14. The Labute approximate surface area is 173 Å². The van der Waals surface area contributed by atoms with Gasteiger partial charge in [0.05, 0.1) is 17.1 Å². The molecular formula is C23H32N6. The number of nitrogens with one attached hydrogen (secondary N) is 2. The number of nitrogens with zero attached hydrogens (tertiary/aromatic N) is 2. The van der Waals surface area contributed by atoms with Gasteiger partial charge in [-0.05, 0) is 62.2 Å². The zero-order chi connectivity index (χ0) is 21.1. The van der Waals surface area contributed by atoms with Crippen LogP contribution in [0.2, 0.25) is 0 Å². The molecule has 0 aromatic rings. The molecule has 3 rings (SSSR count). The number of likely N-dealkylation sites (tertiary alicyclic amines) is 1. The number of amidine groups is 1. The molecule has 0 saturated carbocycles. The first-order valence-electron chi connectivity index (χ1n) is 10.3. The van der Waals surface area contributed by atoms with E-state index in [-0.39, 0.29) is 17.3 Å². The summed E-state index contributed by atoms with van der Waals surface area (Å²) in [6.07, 6.45) is 10.7. The predicted octanol–water partition coefficient (Wildman–Crippen LogP) is 3.30. The summed E-state index contributed by atoms with van der Waals surface area (Å²) in [5.41, 5.74) is 17.3. The topological polar surface area (TPSA) is 115 Å². The smallest absolute Gasteiger partial charge is 0.129 e. The van der Waals surface area contributed by atoms with Gasteiger partial charge in [0, 0.05) is 23.6 Å². The molecule has 0 bridgehead atoms. The van der Waals surface area contributed by atoms with Crippen LogP contribution in [-0.2, 0) is 0 Å². The fourth-order valence-corrected chi connectivity index (χ4v) is 4.44. The summed E-state index contributed by atoms with van der Waals surface area (Å²) in [6, 6.07) is 0. The molecule has 6 nitrogen and oxygen atoms in total. The van der Waals surface area contributed by atoms with Crippen LogP contribution in [0.5, 0.6) is 0 Å². The van der Waals surface area contributed by atoms with Crippen LogP contribution in [0.3, 0.4) is 0 Å². The van der Waals surface area contributed by atoms with E-state index in [9.17, 15) is 0 Å². The van der Waals surface area contributed by atoms with E-state index in [1.165, 1.54) is 6.20 Å². The molecule has 29 heavy (non-hydrogen) atoms. The molecule has 0 amide bonds. The van der Waals surface area contributed by atoms with Crippen molar-refractivity contribution in [3.05, 3.63) is 59.0 Å². The third-order valence-electron chi connectivity index (χ3n) is 6.04. The number of hydrogen-bond acceptors (Lipinski definition) is 6. The molecule has 0 aromatic carbocycles. The minimum atomic E-state index is -0.302. The fraction of sp³-hybridized carbons (Fsp3) is 0.435. The Hall–Kier alpha value is -2.73. The second kappa shape index (κ2) is 8.74. The highest BCUT2D eigenvalue weighted by atomic mass is 15.1. The summed E-state index contributed by atoms with van der Waals surface area (Å²) in [4.78, 5) is 7.17. The third kappa shape index (κ3) is 4.03. The van der Waals surface area contributed by atoms with Crippen LogP contribution < -0.4 is 11.5 Å². The molecule has 154 valence electrons. The summed E-state index contributed by atoms with van der Waals surface area (Å²) in [5, 5.41) is 16.7. The molecule has 2 heterocycles. The van der Waals surface area contributed by atoms with Gasteiger partial charge in [0.2, 0.25) is 0 Å². The number of piperidine rings is 1. The van der Waals surface area contributed by atoms with E-state index >= 15 is 0 Å². The van der Waals surface area contributed by atoms with Crippen molar-refractivity contribution in [1.29, 1.82) is 10.8 Å². The molecule has 3 aliphatic rings. The molecule has 0 spiro atoms. The van der Waals surface area contributed by atoms with Crippen LogP contribution in [0.25, 0.3) is 0 Å². The largest absolute Gasteiger partial charge is 0.404 e. The van der Waals surface area contributed by atoms with Gasteiger partial charge in [-0.1, -0.05) is 32.1 Å². The number of aliphatic imine (C=N–C) groups is 1. The molecule has 2 aliphatic heterocycles. The van der Waals surface area contributed by atoms with Crippen molar-refractivity contribution in [2.24, 2.45) is 28.3 Å². The van der Waals surface area contributed by atoms with Crippen LogP contribution >= 0.6 is 0 Å². The first kappa shape index (κ1) is 21.0. The predicted molar refractivity (Wildman–Crippen MR) is 121 cm³/mol. The maximum atomic E-state index is 8.54. The number of rotatable bonds is 5. The van der Waals surface area contributed by atoms with Crippen molar-refractivity contribution in [3.63, 3.8) is 0 Å². The quantitative estimate of drug-likeness (QED) is 0.538. The Kier molecular flexibility index (Phi) is 6.33. The van der Waals surface area contributed by atoms with Crippen molar-refractivity contribution < 1.29 is 0 Å². The monoisotopic (exact) mass is 392 g/mol. The lowest BCUT2D eigenvalue weighted by atomic mass is 9.72. The van der Waals surface area contributed by atoms with Crippen LogP contribution in [0.4, 0.5) is 0 Å². The molecule has 1 fully saturated rings. The van der Waals surface area contributed by atoms with Crippen molar-refractivity contribution in [3.8, 4) is 0 Å². The maximum absolute atomic E-state index is 8.54. The Morgan fingerprint density at radius 2 is 2.03 bits per heavy atom. The molecule has 1 unspecified atom stereocenters. The van der Waals surface area contributed by atoms with Crippen LogP contribution in [0.15, 0.2) is 64.0 Å². The van der Waals surface area contributed by atoms with E-state index in [1.54, 1.807) is 6.08 Å². The highest BCUT2D eigenvalue weighted by Crippen LogP contribution is 2.44. The van der Waals surface area contributed by atoms with Crippen LogP contribution in [-0.4, -0.2) is 42.3 Å². The standard InChI is InChI=1S/C23H32N6/c1-4-6-14(2)19-20(16-7-5-8-18(25)21(16)26)17(13-24)23(27)28-22(19)15-9-11-29(3)12-10-15/h5,7-8,13,15,20,25-26H,2,4,6,9-12,24H2,1,3H3,(H2,27,28)/b17-13-,25-18?,26-21?. The minimum Gasteiger partial charge on any atom is -0.404 e. The van der Waals surface area contributed by atoms with Gasteiger partial charge in [-0.15, -0.1) is 0 Å². The van der Waals surface area contributed by atoms with Gasteiger partial charge in [0.1, 0.15) is 5.84 Å². The molecule has 0 radical (unpaired) electrons. The maximum Gasteiger partial charge on any atom is 0.129 e. The van der Waals surface area contributed by atoms with E-state index in [2.05, 4.69) is 25.5 Å². The summed E-state index contributed by atoms with van der Waals surface area (Å²) in [5.74, 6) is 0.418. The summed E-state index contributed by atoms with van der Waals surface area (Å²) in [6.45, 7) is 8.57. The Balaban J connectivity index is 2.19. The van der Waals surface area contributed by atoms with Gasteiger partial charge in [-0.2, -0.15) is 0 Å². The molecule has 0 aromatic heterocycles. The number of hydrogen-bond donors (Lipinski definition) is 4. The first-order valence-corrected chi connectivity index (χ1v) is 10.3. The average molecular weight is 393 g/mol. The average Bonchev–Trinajstić information content (AvgIpc) is 2.70.